The van der Waals surface area contributed by atoms with Gasteiger partial charge in [-0.25, -0.2) is 0 Å². The van der Waals surface area contributed by atoms with Gasteiger partial charge in [0.25, 0.3) is 5.91 Å². The average molecular weight is 303 g/mol. The van der Waals surface area contributed by atoms with Gasteiger partial charge in [0.05, 0.1) is 17.1 Å². The van der Waals surface area contributed by atoms with Crippen molar-refractivity contribution >= 4 is 11.8 Å². The van der Waals surface area contributed by atoms with Gasteiger partial charge in [-0.2, -0.15) is 0 Å². The van der Waals surface area contributed by atoms with Gasteiger partial charge in [0.1, 0.15) is 0 Å². The number of aliphatic hydroxyl groups is 1. The van der Waals surface area contributed by atoms with Crippen LogP contribution in [-0.4, -0.2) is 52.5 Å². The molecule has 3 rings (SSSR count). The first-order valence-corrected chi connectivity index (χ1v) is 7.72. The maximum absolute atomic E-state index is 12.7. The number of carbonyl (C=O) groups excluding carboxylic acids is 2. The lowest BCUT2D eigenvalue weighted by molar-refractivity contribution is -0.147. The van der Waals surface area contributed by atoms with Crippen LogP contribution in [0.4, 0.5) is 0 Å². The number of aliphatic hydroxyl groups excluding tert-OH is 1. The molecule has 22 heavy (non-hydrogen) atoms. The summed E-state index contributed by atoms with van der Waals surface area (Å²) >= 11 is 0. The quantitative estimate of drug-likeness (QED) is 0.791. The van der Waals surface area contributed by atoms with Crippen molar-refractivity contribution in [2.45, 2.75) is 32.3 Å². The van der Waals surface area contributed by atoms with Crippen molar-refractivity contribution in [2.24, 2.45) is 5.41 Å². The van der Waals surface area contributed by atoms with E-state index in [2.05, 4.69) is 10.3 Å². The van der Waals surface area contributed by atoms with Crippen molar-refractivity contribution in [2.75, 3.05) is 19.6 Å². The first-order valence-electron chi connectivity index (χ1n) is 7.72. The van der Waals surface area contributed by atoms with E-state index in [-0.39, 0.29) is 18.4 Å². The molecule has 2 amide bonds. The molecule has 6 nitrogen and oxygen atoms in total. The van der Waals surface area contributed by atoms with Gasteiger partial charge in [-0.05, 0) is 38.3 Å². The maximum atomic E-state index is 12.7. The van der Waals surface area contributed by atoms with Gasteiger partial charge in [0.15, 0.2) is 0 Å². The summed E-state index contributed by atoms with van der Waals surface area (Å²) in [7, 11) is 0. The number of pyridine rings is 1. The third-order valence-electron chi connectivity index (χ3n) is 4.85. The van der Waals surface area contributed by atoms with Crippen LogP contribution in [0.1, 0.15) is 35.3 Å². The molecule has 0 saturated carbocycles. The van der Waals surface area contributed by atoms with E-state index < -0.39 is 11.5 Å². The number of hydrogen-bond acceptors (Lipinski definition) is 4. The largest absolute Gasteiger partial charge is 0.392 e. The first-order chi connectivity index (χ1) is 10.5. The van der Waals surface area contributed by atoms with Crippen LogP contribution in [0.5, 0.6) is 0 Å². The predicted octanol–water partition coefficient (Wildman–Crippen LogP) is 0.493. The number of carbonyl (C=O) groups is 2. The Morgan fingerprint density at radius 2 is 2.36 bits per heavy atom. The van der Waals surface area contributed by atoms with Crippen LogP contribution >= 0.6 is 0 Å². The van der Waals surface area contributed by atoms with E-state index >= 15 is 0 Å². The Morgan fingerprint density at radius 1 is 1.55 bits per heavy atom. The summed E-state index contributed by atoms with van der Waals surface area (Å²) in [6.45, 7) is 3.18. The molecule has 2 N–H and O–H groups in total. The molecule has 0 bridgehead atoms. The Balaban J connectivity index is 1.86. The second kappa shape index (κ2) is 5.68. The van der Waals surface area contributed by atoms with E-state index in [0.29, 0.717) is 37.2 Å². The van der Waals surface area contributed by atoms with E-state index in [4.69, 9.17) is 0 Å². The molecule has 6 heteroatoms. The molecule has 2 fully saturated rings. The maximum Gasteiger partial charge on any atom is 0.255 e. The molecule has 0 aliphatic carbocycles. The van der Waals surface area contributed by atoms with Gasteiger partial charge in [-0.15, -0.1) is 0 Å². The molecule has 0 radical (unpaired) electrons. The summed E-state index contributed by atoms with van der Waals surface area (Å²) in [5, 5.41) is 13.2. The Bertz CT molecular complexity index is 604. The highest BCUT2D eigenvalue weighted by molar-refractivity contribution is 5.96. The summed E-state index contributed by atoms with van der Waals surface area (Å²) < 4.78 is 0. The zero-order valence-electron chi connectivity index (χ0n) is 12.7. The van der Waals surface area contributed by atoms with Crippen molar-refractivity contribution in [3.8, 4) is 0 Å². The standard InChI is InChI=1S/C16H21N3O3/c1-11-12(4-2-7-17-11)14(21)19-9-5-13(20)16(10-19)6-3-8-18-15(16)22/h2,4,7,13,20H,3,5-6,8-10H2,1H3,(H,18,22)/t13-,16-/m1/s1. The Labute approximate surface area is 129 Å². The second-order valence-electron chi connectivity index (χ2n) is 6.18. The number of nitrogens with zero attached hydrogens (tertiary/aromatic N) is 2. The van der Waals surface area contributed by atoms with Gasteiger partial charge in [0, 0.05) is 31.5 Å². The van der Waals surface area contributed by atoms with Crippen LogP contribution in [0, 0.1) is 12.3 Å². The van der Waals surface area contributed by atoms with Crippen molar-refractivity contribution < 1.29 is 14.7 Å². The Hall–Kier alpha value is -1.95. The van der Waals surface area contributed by atoms with Crippen LogP contribution < -0.4 is 5.32 Å². The lowest BCUT2D eigenvalue weighted by atomic mass is 9.71. The highest BCUT2D eigenvalue weighted by Crippen LogP contribution is 2.37. The number of piperidine rings is 2. The molecule has 1 aromatic heterocycles. The molecule has 1 aromatic rings. The number of aromatic nitrogens is 1. The summed E-state index contributed by atoms with van der Waals surface area (Å²) in [5.41, 5.74) is 0.383. The molecule has 2 saturated heterocycles. The van der Waals surface area contributed by atoms with Crippen molar-refractivity contribution in [3.63, 3.8) is 0 Å². The zero-order valence-corrected chi connectivity index (χ0v) is 12.7. The topological polar surface area (TPSA) is 82.5 Å². The van der Waals surface area contributed by atoms with E-state index in [1.165, 1.54) is 0 Å². The fourth-order valence-corrected chi connectivity index (χ4v) is 3.50. The summed E-state index contributed by atoms with van der Waals surface area (Å²) in [4.78, 5) is 30.9. The number of amides is 2. The van der Waals surface area contributed by atoms with E-state index in [1.807, 2.05) is 0 Å². The summed E-state index contributed by atoms with van der Waals surface area (Å²) in [6, 6.07) is 3.49. The summed E-state index contributed by atoms with van der Waals surface area (Å²) in [6.07, 6.45) is 2.85. The number of likely N-dealkylation sites (tertiary alicyclic amines) is 1. The third kappa shape index (κ3) is 2.37. The first kappa shape index (κ1) is 15.0. The molecular formula is C16H21N3O3. The van der Waals surface area contributed by atoms with Crippen LogP contribution in [0.15, 0.2) is 18.3 Å². The Morgan fingerprint density at radius 3 is 3.09 bits per heavy atom. The van der Waals surface area contributed by atoms with Crippen molar-refractivity contribution in [3.05, 3.63) is 29.6 Å². The van der Waals surface area contributed by atoms with Gasteiger partial charge in [0.2, 0.25) is 5.91 Å². The molecule has 0 unspecified atom stereocenters. The minimum absolute atomic E-state index is 0.116. The Kier molecular flexibility index (Phi) is 3.87. The van der Waals surface area contributed by atoms with E-state index in [9.17, 15) is 14.7 Å². The average Bonchev–Trinajstić information content (AvgIpc) is 2.52. The predicted molar refractivity (Wildman–Crippen MR) is 80.2 cm³/mol. The molecule has 1 spiro atoms. The lowest BCUT2D eigenvalue weighted by Crippen LogP contribution is -2.62. The molecule has 3 heterocycles. The SMILES string of the molecule is Cc1ncccc1C(=O)N1CC[C@@H](O)[C@@]2(CCCNC2=O)C1. The fraction of sp³-hybridized carbons (Fsp3) is 0.562. The number of hydrogen-bond donors (Lipinski definition) is 2. The number of rotatable bonds is 1. The molecule has 2 atom stereocenters. The molecule has 2 aliphatic rings. The van der Waals surface area contributed by atoms with Gasteiger partial charge < -0.3 is 15.3 Å². The monoisotopic (exact) mass is 303 g/mol. The molecule has 118 valence electrons. The highest BCUT2D eigenvalue weighted by atomic mass is 16.3. The van der Waals surface area contributed by atoms with Crippen molar-refractivity contribution in [1.29, 1.82) is 0 Å². The van der Waals surface area contributed by atoms with Crippen LogP contribution in [0.25, 0.3) is 0 Å². The zero-order chi connectivity index (χ0) is 15.7. The molecular weight excluding hydrogens is 282 g/mol. The highest BCUT2D eigenvalue weighted by Gasteiger charge is 2.50. The third-order valence-corrected chi connectivity index (χ3v) is 4.85. The van der Waals surface area contributed by atoms with E-state index in [0.717, 1.165) is 6.42 Å². The number of aryl methyl sites for hydroxylation is 1. The second-order valence-corrected chi connectivity index (χ2v) is 6.18. The fourth-order valence-electron chi connectivity index (χ4n) is 3.50. The molecule has 2 aliphatic heterocycles. The smallest absolute Gasteiger partial charge is 0.255 e. The lowest BCUT2D eigenvalue weighted by Gasteiger charge is -2.46. The van der Waals surface area contributed by atoms with Gasteiger partial charge >= 0.3 is 0 Å². The van der Waals surface area contributed by atoms with E-state index in [1.54, 1.807) is 30.2 Å². The minimum Gasteiger partial charge on any atom is -0.392 e. The number of nitrogens with one attached hydrogen (secondary N) is 1. The van der Waals surface area contributed by atoms with Crippen LogP contribution in [0.3, 0.4) is 0 Å². The van der Waals surface area contributed by atoms with Gasteiger partial charge in [-0.3, -0.25) is 14.6 Å². The summed E-state index contributed by atoms with van der Waals surface area (Å²) in [5.74, 6) is -0.248. The normalized spacial score (nSPS) is 28.5. The van der Waals surface area contributed by atoms with Crippen LogP contribution in [0.2, 0.25) is 0 Å². The minimum atomic E-state index is -0.859. The molecule has 0 aromatic carbocycles. The van der Waals surface area contributed by atoms with Crippen molar-refractivity contribution in [1.82, 2.24) is 15.2 Å². The van der Waals surface area contributed by atoms with Gasteiger partial charge in [-0.1, -0.05) is 0 Å². The van der Waals surface area contributed by atoms with Crippen LogP contribution in [-0.2, 0) is 4.79 Å².